The number of hydrogen-bond donors (Lipinski definition) is 1. The Bertz CT molecular complexity index is 1830. The predicted octanol–water partition coefficient (Wildman–Crippen LogP) is 3.61. The summed E-state index contributed by atoms with van der Waals surface area (Å²) < 4.78 is 16.2. The lowest BCUT2D eigenvalue weighted by molar-refractivity contribution is 0.105. The minimum Gasteiger partial charge on any atom is -0.358 e. The highest BCUT2D eigenvalue weighted by Gasteiger charge is 2.23. The molecule has 0 spiro atoms. The fourth-order valence-electron chi connectivity index (χ4n) is 3.99. The molecule has 2 aromatic carbocycles. The summed E-state index contributed by atoms with van der Waals surface area (Å²) in [6, 6.07) is 20.3. The maximum atomic E-state index is 14.8. The summed E-state index contributed by atoms with van der Waals surface area (Å²) >= 11 is 0.952. The number of benzene rings is 2. The molecule has 170 valence electrons. The second-order valence-corrected chi connectivity index (χ2v) is 8.78. The number of hydrogen-bond acceptors (Lipinski definition) is 5. The number of carbonyl (C=O) groups excluding carboxylic acids is 1. The number of aryl methyl sites for hydroxylation is 1. The smallest absolute Gasteiger partial charge is 0.273 e. The molecule has 1 N–H and O–H groups in total. The van der Waals surface area contributed by atoms with Crippen molar-refractivity contribution >= 4 is 39.7 Å². The van der Waals surface area contributed by atoms with Crippen LogP contribution >= 0.6 is 11.3 Å². The van der Waals surface area contributed by atoms with Gasteiger partial charge in [-0.15, -0.1) is 11.3 Å². The van der Waals surface area contributed by atoms with E-state index in [1.807, 2.05) is 18.2 Å². The summed E-state index contributed by atoms with van der Waals surface area (Å²) in [6.45, 7) is 1.75. The molecule has 3 heterocycles. The maximum absolute atomic E-state index is 14.8. The summed E-state index contributed by atoms with van der Waals surface area (Å²) in [4.78, 5) is 34.6. The molecule has 3 aromatic heterocycles. The van der Waals surface area contributed by atoms with E-state index >= 15 is 0 Å². The van der Waals surface area contributed by atoms with Gasteiger partial charge in [-0.3, -0.25) is 19.1 Å². The lowest BCUT2D eigenvalue weighted by Crippen LogP contribution is -2.32. The number of nitrogens with one attached hydrogen (secondary N) is 1. The van der Waals surface area contributed by atoms with E-state index in [1.54, 1.807) is 55.6 Å². The number of nitriles is 1. The lowest BCUT2D eigenvalue weighted by Gasteiger charge is -2.05. The highest BCUT2D eigenvalue weighted by Crippen LogP contribution is 2.24. The number of aromatic nitrogens is 3. The van der Waals surface area contributed by atoms with Gasteiger partial charge in [0.05, 0.1) is 21.5 Å². The van der Waals surface area contributed by atoms with Gasteiger partial charge in [-0.1, -0.05) is 36.4 Å². The van der Waals surface area contributed by atoms with Crippen LogP contribution in [-0.4, -0.2) is 20.3 Å². The number of para-hydroxylation sites is 2. The van der Waals surface area contributed by atoms with Crippen LogP contribution in [0.2, 0.25) is 0 Å². The molecule has 0 aliphatic rings. The average molecular weight is 481 g/mol. The van der Waals surface area contributed by atoms with E-state index in [9.17, 15) is 19.2 Å². The van der Waals surface area contributed by atoms with Gasteiger partial charge >= 0.3 is 0 Å². The summed E-state index contributed by atoms with van der Waals surface area (Å²) in [5, 5.41) is 10.8. The Kier molecular flexibility index (Phi) is 5.69. The molecule has 0 aliphatic heterocycles. The molecular formula is C27H17FN4O2S. The van der Waals surface area contributed by atoms with Crippen LogP contribution in [0.3, 0.4) is 0 Å². The van der Waals surface area contributed by atoms with Crippen LogP contribution in [0.15, 0.2) is 77.7 Å². The van der Waals surface area contributed by atoms with Crippen molar-refractivity contribution in [3.05, 3.63) is 115 Å². The van der Waals surface area contributed by atoms with Crippen molar-refractivity contribution in [2.45, 2.75) is 6.92 Å². The molecule has 0 saturated carbocycles. The lowest BCUT2D eigenvalue weighted by atomic mass is 10.0. The Morgan fingerprint density at radius 1 is 1.11 bits per heavy atom. The Morgan fingerprint density at radius 2 is 1.86 bits per heavy atom. The Labute approximate surface area is 202 Å². The number of Topliss-reactive ketones (excluding diaryl/α,β-unsaturated/α-hetero) is 1. The maximum Gasteiger partial charge on any atom is 0.273 e. The van der Waals surface area contributed by atoms with Crippen molar-refractivity contribution in [1.82, 2.24) is 14.5 Å². The molecule has 5 rings (SSSR count). The third-order valence-corrected chi connectivity index (χ3v) is 6.65. The van der Waals surface area contributed by atoms with Crippen molar-refractivity contribution < 1.29 is 9.18 Å². The number of halogens is 1. The molecule has 0 atom stereocenters. The normalized spacial score (nSPS) is 12.5. The van der Waals surface area contributed by atoms with Crippen LogP contribution in [0.5, 0.6) is 0 Å². The van der Waals surface area contributed by atoms with Gasteiger partial charge in [-0.05, 0) is 43.3 Å². The number of aromatic amines is 1. The highest BCUT2D eigenvalue weighted by molar-refractivity contribution is 7.07. The Balaban J connectivity index is 1.87. The van der Waals surface area contributed by atoms with Gasteiger partial charge in [0, 0.05) is 22.8 Å². The van der Waals surface area contributed by atoms with E-state index in [1.165, 1.54) is 18.2 Å². The van der Waals surface area contributed by atoms with E-state index in [0.717, 1.165) is 21.4 Å². The number of pyridine rings is 1. The number of H-pyrrole nitrogens is 1. The number of ketones is 1. The quantitative estimate of drug-likeness (QED) is 0.398. The van der Waals surface area contributed by atoms with E-state index in [4.69, 9.17) is 0 Å². The van der Waals surface area contributed by atoms with Gasteiger partial charge in [-0.25, -0.2) is 4.39 Å². The summed E-state index contributed by atoms with van der Waals surface area (Å²) in [6.07, 6.45) is 3.15. The Hall–Kier alpha value is -4.61. The van der Waals surface area contributed by atoms with Crippen LogP contribution in [0.4, 0.5) is 4.39 Å². The van der Waals surface area contributed by atoms with Crippen molar-refractivity contribution in [3.8, 4) is 11.8 Å². The van der Waals surface area contributed by atoms with Crippen LogP contribution in [0, 0.1) is 24.1 Å². The highest BCUT2D eigenvalue weighted by atomic mass is 32.1. The van der Waals surface area contributed by atoms with Crippen LogP contribution in [-0.2, 0) is 0 Å². The SMILES string of the molecule is Cc1[nH]c2ccccc2c1C(=O)/C(C#N)=c1/s/c(=C/c2ccccn2)c(=O)n1-c1ccccc1F. The number of thiazole rings is 1. The van der Waals surface area contributed by atoms with Gasteiger partial charge in [0.1, 0.15) is 22.1 Å². The van der Waals surface area contributed by atoms with Crippen LogP contribution in [0.25, 0.3) is 28.2 Å². The summed E-state index contributed by atoms with van der Waals surface area (Å²) in [5.41, 5.74) is 1.39. The fourth-order valence-corrected chi connectivity index (χ4v) is 5.07. The first-order valence-electron chi connectivity index (χ1n) is 10.7. The zero-order valence-electron chi connectivity index (χ0n) is 18.4. The standard InChI is InChI=1S/C27H17FN4O2S/c1-16-24(18-9-2-4-11-21(18)31-16)25(33)19(15-29)27-32(22-12-5-3-10-20(22)28)26(34)23(35-27)14-17-8-6-7-13-30-17/h2-14,31H,1H3/b23-14+,27-19+. The molecule has 35 heavy (non-hydrogen) atoms. The number of rotatable bonds is 4. The van der Waals surface area contributed by atoms with Gasteiger partial charge in [0.25, 0.3) is 5.56 Å². The zero-order valence-corrected chi connectivity index (χ0v) is 19.3. The van der Waals surface area contributed by atoms with Crippen LogP contribution in [0.1, 0.15) is 21.7 Å². The number of carbonyl (C=O) groups is 1. The second kappa shape index (κ2) is 8.97. The van der Waals surface area contributed by atoms with Gasteiger partial charge < -0.3 is 4.98 Å². The Morgan fingerprint density at radius 3 is 2.60 bits per heavy atom. The van der Waals surface area contributed by atoms with E-state index in [0.29, 0.717) is 22.3 Å². The van der Waals surface area contributed by atoms with Crippen molar-refractivity contribution in [1.29, 1.82) is 5.26 Å². The van der Waals surface area contributed by atoms with E-state index in [-0.39, 0.29) is 20.5 Å². The average Bonchev–Trinajstić information content (AvgIpc) is 3.36. The van der Waals surface area contributed by atoms with Crippen molar-refractivity contribution in [3.63, 3.8) is 0 Å². The molecule has 0 aliphatic carbocycles. The van der Waals surface area contributed by atoms with E-state index < -0.39 is 17.2 Å². The molecular weight excluding hydrogens is 463 g/mol. The number of nitrogens with zero attached hydrogens (tertiary/aromatic N) is 3. The molecule has 0 unspecified atom stereocenters. The van der Waals surface area contributed by atoms with Gasteiger partial charge in [0.2, 0.25) is 5.78 Å². The molecule has 0 fully saturated rings. The van der Waals surface area contributed by atoms with Crippen molar-refractivity contribution in [2.24, 2.45) is 0 Å². The molecule has 0 saturated heterocycles. The minimum atomic E-state index is -0.647. The topological polar surface area (TPSA) is 91.5 Å². The molecule has 8 heteroatoms. The van der Waals surface area contributed by atoms with Gasteiger partial charge in [-0.2, -0.15) is 5.26 Å². The zero-order chi connectivity index (χ0) is 24.5. The van der Waals surface area contributed by atoms with Gasteiger partial charge in [0.15, 0.2) is 0 Å². The molecule has 0 bridgehead atoms. The third kappa shape index (κ3) is 3.88. The largest absolute Gasteiger partial charge is 0.358 e. The van der Waals surface area contributed by atoms with Crippen molar-refractivity contribution in [2.75, 3.05) is 0 Å². The molecule has 5 aromatic rings. The molecule has 6 nitrogen and oxygen atoms in total. The third-order valence-electron chi connectivity index (χ3n) is 5.56. The first-order chi connectivity index (χ1) is 17.0. The summed E-state index contributed by atoms with van der Waals surface area (Å²) in [7, 11) is 0. The molecule has 0 amide bonds. The monoisotopic (exact) mass is 480 g/mol. The number of fused-ring (bicyclic) bond motifs is 1. The van der Waals surface area contributed by atoms with Crippen LogP contribution < -0.4 is 14.8 Å². The second-order valence-electron chi connectivity index (χ2n) is 7.75. The summed E-state index contributed by atoms with van der Waals surface area (Å²) in [5.74, 6) is -1.19. The first kappa shape index (κ1) is 22.2. The fraction of sp³-hybridized carbons (Fsp3) is 0.0370. The van der Waals surface area contributed by atoms with E-state index in [2.05, 4.69) is 9.97 Å². The predicted molar refractivity (Wildman–Crippen MR) is 133 cm³/mol. The minimum absolute atomic E-state index is 0.0411. The first-order valence-corrected chi connectivity index (χ1v) is 11.5. The molecule has 0 radical (unpaired) electrons.